The maximum absolute atomic E-state index is 14.7. The zero-order valence-electron chi connectivity index (χ0n) is 33.0. The summed E-state index contributed by atoms with van der Waals surface area (Å²) in [7, 11) is 0. The van der Waals surface area contributed by atoms with Crippen LogP contribution in [0.15, 0.2) is 42.5 Å². The zero-order chi connectivity index (χ0) is 41.8. The number of hydrogen-bond acceptors (Lipinski definition) is 9. The molecule has 312 valence electrons. The summed E-state index contributed by atoms with van der Waals surface area (Å²) in [6, 6.07) is 2.45. The molecule has 0 radical (unpaired) electrons. The van der Waals surface area contributed by atoms with Crippen molar-refractivity contribution in [2.75, 3.05) is 32.8 Å². The first-order chi connectivity index (χ1) is 27.6. The predicted octanol–water partition coefficient (Wildman–Crippen LogP) is 0.933. The Labute approximate surface area is 335 Å². The van der Waals surface area contributed by atoms with Crippen molar-refractivity contribution in [2.24, 2.45) is 5.92 Å². The molecule has 3 N–H and O–H groups in total. The molecule has 17 heteroatoms. The lowest BCUT2D eigenvalue weighted by Gasteiger charge is -2.39. The molecule has 2 aromatic rings. The lowest BCUT2D eigenvalue weighted by molar-refractivity contribution is -0.164. The van der Waals surface area contributed by atoms with Crippen LogP contribution in [0.5, 0.6) is 0 Å². The summed E-state index contributed by atoms with van der Waals surface area (Å²) in [5, 5.41) is 7.97. The van der Waals surface area contributed by atoms with Crippen LogP contribution in [0.3, 0.4) is 0 Å². The SMILES string of the molecule is Cc1ccc(CC(=O)N[C@@H](Cc2cc(F)cc(F)c2)C(=O)N[C@@H]2C(=O)N3CCC[C@H]3C(=O)N3CCOC[C@H]3C(=O)N[C@@H](C)C(=O)N3C[C@@H](C)C[C@H]3C(=O)O[C@H]2C)cc1. The maximum Gasteiger partial charge on any atom is 0.329 e. The molecule has 6 rings (SSSR count). The van der Waals surface area contributed by atoms with Crippen molar-refractivity contribution in [3.05, 3.63) is 70.8 Å². The van der Waals surface area contributed by atoms with Crippen LogP contribution < -0.4 is 16.0 Å². The monoisotopic (exact) mass is 808 g/mol. The van der Waals surface area contributed by atoms with Crippen LogP contribution in [0.4, 0.5) is 8.78 Å². The molecule has 4 fully saturated rings. The summed E-state index contributed by atoms with van der Waals surface area (Å²) in [5.41, 5.74) is 1.65. The van der Waals surface area contributed by atoms with Gasteiger partial charge >= 0.3 is 5.97 Å². The van der Waals surface area contributed by atoms with Gasteiger partial charge < -0.3 is 40.1 Å². The average Bonchev–Trinajstić information content (AvgIpc) is 3.83. The van der Waals surface area contributed by atoms with Crippen LogP contribution in [-0.2, 0) is 55.9 Å². The van der Waals surface area contributed by atoms with Crippen molar-refractivity contribution in [3.63, 3.8) is 0 Å². The third-order valence-electron chi connectivity index (χ3n) is 11.2. The normalized spacial score (nSPS) is 27.6. The van der Waals surface area contributed by atoms with Gasteiger partial charge in [-0.25, -0.2) is 13.6 Å². The van der Waals surface area contributed by atoms with Gasteiger partial charge in [-0.3, -0.25) is 28.8 Å². The van der Waals surface area contributed by atoms with Crippen LogP contribution in [-0.4, -0.2) is 131 Å². The van der Waals surface area contributed by atoms with E-state index in [4.69, 9.17) is 9.47 Å². The van der Waals surface area contributed by atoms with Crippen LogP contribution in [0.25, 0.3) is 0 Å². The molecule has 4 saturated heterocycles. The fourth-order valence-corrected chi connectivity index (χ4v) is 8.15. The van der Waals surface area contributed by atoms with E-state index in [0.29, 0.717) is 18.1 Å². The number of ether oxygens (including phenoxy) is 2. The van der Waals surface area contributed by atoms with Gasteiger partial charge in [0.05, 0.1) is 19.6 Å². The number of nitrogens with zero attached hydrogens (tertiary/aromatic N) is 3. The van der Waals surface area contributed by atoms with E-state index in [1.807, 2.05) is 26.0 Å². The minimum atomic E-state index is -1.62. The summed E-state index contributed by atoms with van der Waals surface area (Å²) in [4.78, 5) is 102. The third kappa shape index (κ3) is 9.63. The number of benzene rings is 2. The van der Waals surface area contributed by atoms with Crippen LogP contribution in [0.2, 0.25) is 0 Å². The smallest absolute Gasteiger partial charge is 0.329 e. The van der Waals surface area contributed by atoms with Crippen molar-refractivity contribution >= 4 is 41.4 Å². The summed E-state index contributed by atoms with van der Waals surface area (Å²) >= 11 is 0. The van der Waals surface area contributed by atoms with Crippen LogP contribution >= 0.6 is 0 Å². The van der Waals surface area contributed by atoms with Crippen molar-refractivity contribution < 1.29 is 51.8 Å². The molecule has 58 heavy (non-hydrogen) atoms. The molecule has 0 unspecified atom stereocenters. The van der Waals surface area contributed by atoms with Gasteiger partial charge in [0.25, 0.3) is 0 Å². The highest BCUT2D eigenvalue weighted by Crippen LogP contribution is 2.28. The molecule has 0 aliphatic carbocycles. The molecule has 0 bridgehead atoms. The van der Waals surface area contributed by atoms with Gasteiger partial charge in [0, 0.05) is 32.1 Å². The molecule has 0 aromatic heterocycles. The molecule has 4 heterocycles. The number of rotatable bonds is 7. The van der Waals surface area contributed by atoms with E-state index in [-0.39, 0.29) is 70.0 Å². The van der Waals surface area contributed by atoms with Crippen molar-refractivity contribution in [1.29, 1.82) is 0 Å². The van der Waals surface area contributed by atoms with Crippen molar-refractivity contribution in [3.8, 4) is 0 Å². The van der Waals surface area contributed by atoms with E-state index in [0.717, 1.165) is 17.7 Å². The molecule has 4 aliphatic heterocycles. The second-order valence-electron chi connectivity index (χ2n) is 15.8. The number of morpholine rings is 1. The lowest BCUT2D eigenvalue weighted by atomic mass is 10.0. The van der Waals surface area contributed by atoms with Gasteiger partial charge in [-0.05, 0) is 69.2 Å². The second kappa shape index (κ2) is 18.0. The number of carbonyl (C=O) groups excluding carboxylic acids is 7. The Kier molecular flexibility index (Phi) is 13.1. The Morgan fingerprint density at radius 3 is 2.26 bits per heavy atom. The number of fused-ring (bicyclic) bond motifs is 3. The van der Waals surface area contributed by atoms with Gasteiger partial charge in [-0.2, -0.15) is 0 Å². The summed E-state index contributed by atoms with van der Waals surface area (Å²) in [5.74, 6) is -6.76. The van der Waals surface area contributed by atoms with E-state index >= 15 is 0 Å². The van der Waals surface area contributed by atoms with E-state index < -0.39 is 95.4 Å². The Bertz CT molecular complexity index is 1910. The van der Waals surface area contributed by atoms with Gasteiger partial charge in [-0.15, -0.1) is 0 Å². The largest absolute Gasteiger partial charge is 0.458 e. The first-order valence-corrected chi connectivity index (χ1v) is 19.7. The number of carbonyl (C=O) groups is 7. The van der Waals surface area contributed by atoms with Crippen LogP contribution in [0.1, 0.15) is 56.7 Å². The highest BCUT2D eigenvalue weighted by Gasteiger charge is 2.47. The fraction of sp³-hybridized carbons (Fsp3) is 0.537. The molecule has 4 aliphatic rings. The highest BCUT2D eigenvalue weighted by molar-refractivity contribution is 5.98. The fourth-order valence-electron chi connectivity index (χ4n) is 8.15. The molecule has 8 atom stereocenters. The zero-order valence-corrected chi connectivity index (χ0v) is 33.0. The second-order valence-corrected chi connectivity index (χ2v) is 15.8. The standard InChI is InChI=1S/C41H50F2N6O9/c1-22-7-9-26(10-8-22)18-34(50)45-30(17-27-15-28(42)19-29(43)16-27)36(51)46-35-25(4)58-41(56)32-14-23(2)20-49(32)38(53)24(3)44-37(52)33-21-57-13-12-48(33)39(54)31-6-5-11-47(31)40(35)55/h7-10,15-16,19,23-25,30-33,35H,5-6,11-14,17-18,20-21H2,1-4H3,(H,44,52)(H,45,50)(H,46,51)/t23-,24-,25-,30-,31-,32-,33-,35-/m0/s1. The van der Waals surface area contributed by atoms with Gasteiger partial charge in [0.15, 0.2) is 0 Å². The van der Waals surface area contributed by atoms with E-state index in [1.54, 1.807) is 12.1 Å². The minimum Gasteiger partial charge on any atom is -0.458 e. The van der Waals surface area contributed by atoms with Gasteiger partial charge in [0.1, 0.15) is 54.0 Å². The third-order valence-corrected chi connectivity index (χ3v) is 11.2. The summed E-state index contributed by atoms with van der Waals surface area (Å²) < 4.78 is 40.1. The minimum absolute atomic E-state index is 0.0423. The molecule has 6 amide bonds. The molecule has 0 spiro atoms. The quantitative estimate of drug-likeness (QED) is 0.343. The lowest BCUT2D eigenvalue weighted by Crippen LogP contribution is -2.64. The predicted molar refractivity (Wildman–Crippen MR) is 202 cm³/mol. The number of hydrogen-bond donors (Lipinski definition) is 3. The van der Waals surface area contributed by atoms with Crippen molar-refractivity contribution in [1.82, 2.24) is 30.7 Å². The Balaban J connectivity index is 1.34. The first-order valence-electron chi connectivity index (χ1n) is 19.7. The molecular weight excluding hydrogens is 758 g/mol. The Hall–Kier alpha value is -5.45. The van der Waals surface area contributed by atoms with Gasteiger partial charge in [0.2, 0.25) is 35.4 Å². The van der Waals surface area contributed by atoms with E-state index in [1.165, 1.54) is 28.5 Å². The van der Waals surface area contributed by atoms with Gasteiger partial charge in [-0.1, -0.05) is 36.8 Å². The number of esters is 1. The molecule has 2 aromatic carbocycles. The topological polar surface area (TPSA) is 184 Å². The highest BCUT2D eigenvalue weighted by atomic mass is 19.1. The van der Waals surface area contributed by atoms with Crippen LogP contribution in [0, 0.1) is 24.5 Å². The van der Waals surface area contributed by atoms with Crippen molar-refractivity contribution in [2.45, 2.75) is 102 Å². The first kappa shape index (κ1) is 42.2. The average molecular weight is 809 g/mol. The molecule has 0 saturated carbocycles. The number of cyclic esters (lactones) is 1. The number of halogens is 2. The maximum atomic E-state index is 14.7. The number of aryl methyl sites for hydroxylation is 1. The molecule has 15 nitrogen and oxygen atoms in total. The Morgan fingerprint density at radius 2 is 1.55 bits per heavy atom. The number of amides is 6. The summed E-state index contributed by atoms with van der Waals surface area (Å²) in [6.45, 7) is 6.95. The van der Waals surface area contributed by atoms with E-state index in [9.17, 15) is 42.3 Å². The Morgan fingerprint density at radius 1 is 0.862 bits per heavy atom. The molecular formula is C41H50F2N6O9. The summed E-state index contributed by atoms with van der Waals surface area (Å²) in [6.07, 6.45) is -1.02. The number of nitrogens with one attached hydrogen (secondary N) is 3. The van der Waals surface area contributed by atoms with E-state index in [2.05, 4.69) is 16.0 Å².